The molecule has 2 aliphatic rings. The normalized spacial score (nSPS) is 21.9. The first kappa shape index (κ1) is 18.2. The highest BCUT2D eigenvalue weighted by atomic mass is 16.5. The van der Waals surface area contributed by atoms with Gasteiger partial charge in [0.05, 0.1) is 19.8 Å². The molecule has 0 bridgehead atoms. The highest BCUT2D eigenvalue weighted by Crippen LogP contribution is 2.22. The zero-order valence-electron chi connectivity index (χ0n) is 15.5. The number of benzene rings is 1. The van der Waals surface area contributed by atoms with Gasteiger partial charge in [0, 0.05) is 61.8 Å². The molecule has 2 aliphatic heterocycles. The molecule has 0 aliphatic carbocycles. The molecule has 2 aromatic rings. The summed E-state index contributed by atoms with van der Waals surface area (Å²) in [5, 5.41) is 3.16. The SMILES string of the molecule is O=C(NCC(C1CCOC1)N1CCOCC1)c1cccc(-n2cccc2)c1. The van der Waals surface area contributed by atoms with Crippen LogP contribution in [0, 0.1) is 5.92 Å². The van der Waals surface area contributed by atoms with Crippen molar-refractivity contribution in [3.8, 4) is 5.69 Å². The van der Waals surface area contributed by atoms with Crippen LogP contribution in [0.1, 0.15) is 16.8 Å². The number of amides is 1. The summed E-state index contributed by atoms with van der Waals surface area (Å²) >= 11 is 0. The van der Waals surface area contributed by atoms with Gasteiger partial charge in [0.2, 0.25) is 0 Å². The zero-order valence-corrected chi connectivity index (χ0v) is 15.5. The first-order chi connectivity index (χ1) is 13.3. The minimum Gasteiger partial charge on any atom is -0.381 e. The van der Waals surface area contributed by atoms with Crippen LogP contribution in [0.5, 0.6) is 0 Å². The second kappa shape index (κ2) is 8.69. The highest BCUT2D eigenvalue weighted by Gasteiger charge is 2.31. The van der Waals surface area contributed by atoms with Gasteiger partial charge in [0.25, 0.3) is 5.91 Å². The van der Waals surface area contributed by atoms with Gasteiger partial charge < -0.3 is 19.4 Å². The molecule has 3 heterocycles. The molecule has 1 amide bonds. The molecule has 0 saturated carbocycles. The monoisotopic (exact) mass is 369 g/mol. The van der Waals surface area contributed by atoms with Gasteiger partial charge in [-0.1, -0.05) is 6.07 Å². The molecule has 0 radical (unpaired) electrons. The van der Waals surface area contributed by atoms with E-state index in [0.717, 1.165) is 51.6 Å². The zero-order chi connectivity index (χ0) is 18.5. The first-order valence-corrected chi connectivity index (χ1v) is 9.72. The lowest BCUT2D eigenvalue weighted by Gasteiger charge is -2.37. The summed E-state index contributed by atoms with van der Waals surface area (Å²) < 4.78 is 13.1. The van der Waals surface area contributed by atoms with Crippen LogP contribution in [0.25, 0.3) is 5.69 Å². The summed E-state index contributed by atoms with van der Waals surface area (Å²) in [7, 11) is 0. The average Bonchev–Trinajstić information content (AvgIpc) is 3.43. The maximum atomic E-state index is 12.8. The molecule has 0 spiro atoms. The maximum absolute atomic E-state index is 12.8. The summed E-state index contributed by atoms with van der Waals surface area (Å²) in [4.78, 5) is 15.2. The molecule has 2 saturated heterocycles. The predicted octanol–water partition coefficient (Wildman–Crippen LogP) is 1.94. The van der Waals surface area contributed by atoms with E-state index in [1.165, 1.54) is 0 Å². The molecule has 1 N–H and O–H groups in total. The molecule has 2 atom stereocenters. The van der Waals surface area contributed by atoms with Gasteiger partial charge >= 0.3 is 0 Å². The Morgan fingerprint density at radius 3 is 2.67 bits per heavy atom. The third kappa shape index (κ3) is 4.40. The fourth-order valence-electron chi connectivity index (χ4n) is 3.97. The molecule has 2 unspecified atom stereocenters. The van der Waals surface area contributed by atoms with Crippen molar-refractivity contribution in [1.29, 1.82) is 0 Å². The van der Waals surface area contributed by atoms with Crippen molar-refractivity contribution in [2.45, 2.75) is 12.5 Å². The van der Waals surface area contributed by atoms with E-state index in [4.69, 9.17) is 9.47 Å². The number of hydrogen-bond donors (Lipinski definition) is 1. The maximum Gasteiger partial charge on any atom is 0.251 e. The van der Waals surface area contributed by atoms with Gasteiger partial charge in [-0.2, -0.15) is 0 Å². The van der Waals surface area contributed by atoms with Gasteiger partial charge in [-0.15, -0.1) is 0 Å². The number of nitrogens with one attached hydrogen (secondary N) is 1. The number of aromatic nitrogens is 1. The Labute approximate surface area is 160 Å². The van der Waals surface area contributed by atoms with Crippen LogP contribution in [0.3, 0.4) is 0 Å². The number of carbonyl (C=O) groups is 1. The molecular formula is C21H27N3O3. The minimum atomic E-state index is -0.0267. The van der Waals surface area contributed by atoms with E-state index in [9.17, 15) is 4.79 Å². The van der Waals surface area contributed by atoms with Crippen molar-refractivity contribution in [2.75, 3.05) is 46.1 Å². The first-order valence-electron chi connectivity index (χ1n) is 9.72. The third-order valence-electron chi connectivity index (χ3n) is 5.51. The standard InChI is InChI=1S/C21H27N3O3/c25-21(17-4-3-5-19(14-17)23-7-1-2-8-23)22-15-20(18-6-11-27-16-18)24-9-12-26-13-10-24/h1-5,7-8,14,18,20H,6,9-13,15-16H2,(H,22,25). The van der Waals surface area contributed by atoms with Crippen molar-refractivity contribution < 1.29 is 14.3 Å². The Bertz CT molecular complexity index is 735. The molecule has 4 rings (SSSR count). The Hall–Kier alpha value is -2.15. The Morgan fingerprint density at radius 1 is 1.11 bits per heavy atom. The van der Waals surface area contributed by atoms with Gasteiger partial charge in [-0.25, -0.2) is 0 Å². The van der Waals surface area contributed by atoms with Crippen molar-refractivity contribution in [3.63, 3.8) is 0 Å². The summed E-state index contributed by atoms with van der Waals surface area (Å²) in [5.74, 6) is 0.441. The van der Waals surface area contributed by atoms with Crippen LogP contribution in [0.4, 0.5) is 0 Å². The van der Waals surface area contributed by atoms with Crippen LogP contribution in [0.2, 0.25) is 0 Å². The molecule has 27 heavy (non-hydrogen) atoms. The fourth-order valence-corrected chi connectivity index (χ4v) is 3.97. The Morgan fingerprint density at radius 2 is 1.93 bits per heavy atom. The van der Waals surface area contributed by atoms with Gasteiger partial charge in [0.1, 0.15) is 0 Å². The van der Waals surface area contributed by atoms with E-state index in [-0.39, 0.29) is 5.91 Å². The van der Waals surface area contributed by atoms with E-state index in [1.54, 1.807) is 0 Å². The third-order valence-corrected chi connectivity index (χ3v) is 5.51. The quantitative estimate of drug-likeness (QED) is 0.846. The molecule has 144 valence electrons. The van der Waals surface area contributed by atoms with Crippen molar-refractivity contribution in [3.05, 3.63) is 54.4 Å². The summed E-state index contributed by atoms with van der Waals surface area (Å²) in [5.41, 5.74) is 1.67. The number of rotatable bonds is 6. The summed E-state index contributed by atoms with van der Waals surface area (Å²) in [6.07, 6.45) is 5.01. The molecular weight excluding hydrogens is 342 g/mol. The molecule has 1 aromatic heterocycles. The molecule has 6 heteroatoms. The van der Waals surface area contributed by atoms with E-state index in [0.29, 0.717) is 24.1 Å². The lowest BCUT2D eigenvalue weighted by atomic mass is 9.96. The van der Waals surface area contributed by atoms with Crippen LogP contribution in [0.15, 0.2) is 48.8 Å². The van der Waals surface area contributed by atoms with Gasteiger partial charge in [0.15, 0.2) is 0 Å². The highest BCUT2D eigenvalue weighted by molar-refractivity contribution is 5.94. The number of ether oxygens (including phenoxy) is 2. The van der Waals surface area contributed by atoms with Crippen LogP contribution in [-0.2, 0) is 9.47 Å². The van der Waals surface area contributed by atoms with E-state index in [2.05, 4.69) is 10.2 Å². The summed E-state index contributed by atoms with van der Waals surface area (Å²) in [6.45, 7) is 5.59. The lowest BCUT2D eigenvalue weighted by Crippen LogP contribution is -2.52. The lowest BCUT2D eigenvalue weighted by molar-refractivity contribution is 0.00166. The molecule has 2 fully saturated rings. The second-order valence-corrected chi connectivity index (χ2v) is 7.19. The minimum absolute atomic E-state index is 0.0267. The van der Waals surface area contributed by atoms with Crippen molar-refractivity contribution in [1.82, 2.24) is 14.8 Å². The summed E-state index contributed by atoms with van der Waals surface area (Å²) in [6, 6.07) is 12.0. The molecule has 1 aromatic carbocycles. The fraction of sp³-hybridized carbons (Fsp3) is 0.476. The predicted molar refractivity (Wildman–Crippen MR) is 103 cm³/mol. The topological polar surface area (TPSA) is 55.7 Å². The van der Waals surface area contributed by atoms with Crippen molar-refractivity contribution >= 4 is 5.91 Å². The number of carbonyl (C=O) groups excluding carboxylic acids is 1. The smallest absolute Gasteiger partial charge is 0.251 e. The van der Waals surface area contributed by atoms with Crippen LogP contribution >= 0.6 is 0 Å². The van der Waals surface area contributed by atoms with Gasteiger partial charge in [-0.05, 0) is 36.8 Å². The van der Waals surface area contributed by atoms with Crippen molar-refractivity contribution in [2.24, 2.45) is 5.92 Å². The van der Waals surface area contributed by atoms with Gasteiger partial charge in [-0.3, -0.25) is 9.69 Å². The largest absolute Gasteiger partial charge is 0.381 e. The Kier molecular flexibility index (Phi) is 5.87. The number of morpholine rings is 1. The molecule has 6 nitrogen and oxygen atoms in total. The van der Waals surface area contributed by atoms with Crippen LogP contribution < -0.4 is 5.32 Å². The van der Waals surface area contributed by atoms with E-state index >= 15 is 0 Å². The number of nitrogens with zero attached hydrogens (tertiary/aromatic N) is 2. The number of hydrogen-bond acceptors (Lipinski definition) is 4. The van der Waals surface area contributed by atoms with E-state index in [1.807, 2.05) is 53.4 Å². The van der Waals surface area contributed by atoms with Crippen LogP contribution in [-0.4, -0.2) is 67.5 Å². The Balaban J connectivity index is 1.42. The van der Waals surface area contributed by atoms with E-state index < -0.39 is 0 Å². The average molecular weight is 369 g/mol. The second-order valence-electron chi connectivity index (χ2n) is 7.19.